The van der Waals surface area contributed by atoms with Crippen LogP contribution in [0.25, 0.3) is 0 Å². The van der Waals surface area contributed by atoms with E-state index in [-0.39, 0.29) is 6.71 Å². The molecule has 10 nitrogen and oxygen atoms in total. The molecule has 5 aromatic carbocycles. The van der Waals surface area contributed by atoms with E-state index < -0.39 is 0 Å². The van der Waals surface area contributed by atoms with Crippen LogP contribution in [0.2, 0.25) is 0 Å². The lowest BCUT2D eigenvalue weighted by Crippen LogP contribution is -2.61. The Hall–Kier alpha value is -5.84. The first kappa shape index (κ1) is 31.7. The molecule has 6 aliphatic rings. The quantitative estimate of drug-likeness (QED) is 0.180. The highest BCUT2D eigenvalue weighted by molar-refractivity contribution is 7.00. The number of fused-ring (bicyclic) bond motifs is 8. The molecule has 0 N–H and O–H groups in total. The molecule has 11 rings (SSSR count). The molecule has 6 aliphatic heterocycles. The van der Waals surface area contributed by atoms with Crippen molar-refractivity contribution in [3.05, 3.63) is 78.4 Å². The van der Waals surface area contributed by atoms with Crippen LogP contribution in [0.5, 0.6) is 46.0 Å². The number of nitrogens with zero attached hydrogens (tertiary/aromatic N) is 2. The van der Waals surface area contributed by atoms with Crippen LogP contribution < -0.4 is 64.1 Å². The summed E-state index contributed by atoms with van der Waals surface area (Å²) in [4.78, 5) is 4.70. The second-order valence-electron chi connectivity index (χ2n) is 14.5. The van der Waals surface area contributed by atoms with Crippen molar-refractivity contribution in [1.82, 2.24) is 0 Å². The van der Waals surface area contributed by atoms with Gasteiger partial charge in [-0.2, -0.15) is 0 Å². The molecule has 0 amide bonds. The molecule has 0 fully saturated rings. The Morgan fingerprint density at radius 1 is 0.389 bits per heavy atom. The lowest BCUT2D eigenvalue weighted by atomic mass is 9.33. The van der Waals surface area contributed by atoms with Gasteiger partial charge in [0.15, 0.2) is 46.0 Å². The summed E-state index contributed by atoms with van der Waals surface area (Å²) in [5.74, 6) is 5.98. The number of hydrogen-bond donors (Lipinski definition) is 0. The summed E-state index contributed by atoms with van der Waals surface area (Å²) in [5.41, 5.74) is 10.6. The van der Waals surface area contributed by atoms with Crippen molar-refractivity contribution in [2.75, 3.05) is 62.7 Å². The molecule has 0 aliphatic carbocycles. The van der Waals surface area contributed by atoms with Crippen molar-refractivity contribution >= 4 is 57.2 Å². The molecule has 0 aromatic heterocycles. The summed E-state index contributed by atoms with van der Waals surface area (Å²) in [6, 6.07) is 25.8. The third-order valence-corrected chi connectivity index (χ3v) is 10.9. The minimum atomic E-state index is -0.164. The number of hydrogen-bond acceptors (Lipinski definition) is 10. The fourth-order valence-electron chi connectivity index (χ4n) is 8.58. The zero-order valence-electron chi connectivity index (χ0n) is 30.2. The number of rotatable bonds is 2. The second-order valence-corrected chi connectivity index (χ2v) is 14.5. The highest BCUT2D eigenvalue weighted by atomic mass is 16.5. The summed E-state index contributed by atoms with van der Waals surface area (Å²) in [6.07, 6.45) is 3.30. The van der Waals surface area contributed by atoms with E-state index in [2.05, 4.69) is 77.4 Å². The topological polar surface area (TPSA) is 80.3 Å². The summed E-state index contributed by atoms with van der Waals surface area (Å²) < 4.78 is 50.1. The van der Waals surface area contributed by atoms with Crippen LogP contribution in [0.15, 0.2) is 72.8 Å². The number of ether oxygens (including phenoxy) is 8. The Bertz CT molecular complexity index is 2170. The zero-order valence-corrected chi connectivity index (χ0v) is 30.2. The number of aryl methyl sites for hydroxylation is 1. The van der Waals surface area contributed by atoms with Gasteiger partial charge in [0.1, 0.15) is 0 Å². The van der Waals surface area contributed by atoms with Gasteiger partial charge in [0.25, 0.3) is 6.71 Å². The molecule has 11 heteroatoms. The molecule has 0 unspecified atom stereocenters. The van der Waals surface area contributed by atoms with Crippen molar-refractivity contribution < 1.29 is 37.9 Å². The van der Waals surface area contributed by atoms with Gasteiger partial charge in [0.05, 0.1) is 64.2 Å². The molecule has 0 saturated carbocycles. The Morgan fingerprint density at radius 2 is 0.741 bits per heavy atom. The molecular weight excluding hydrogens is 683 g/mol. The van der Waals surface area contributed by atoms with E-state index in [1.807, 2.05) is 12.1 Å². The SMILES string of the molecule is Cc1cc2c3c(c1)N(c1ccc4c(c1)OCCCO4)c1cc4c(cc1B3c1cc3c(cc1N2c1ccc2c(c1)OCCCO2)OCCCO3)OCCCO4. The molecule has 0 spiro atoms. The molecule has 0 bridgehead atoms. The summed E-state index contributed by atoms with van der Waals surface area (Å²) in [7, 11) is 0. The van der Waals surface area contributed by atoms with Crippen LogP contribution >= 0.6 is 0 Å². The maximum Gasteiger partial charge on any atom is 0.252 e. The molecule has 0 atom stereocenters. The van der Waals surface area contributed by atoms with Crippen molar-refractivity contribution in [1.29, 1.82) is 0 Å². The summed E-state index contributed by atoms with van der Waals surface area (Å²) in [6.45, 7) is 6.83. The van der Waals surface area contributed by atoms with E-state index in [1.54, 1.807) is 0 Å². The predicted molar refractivity (Wildman–Crippen MR) is 208 cm³/mol. The molecule has 272 valence electrons. The lowest BCUT2D eigenvalue weighted by molar-refractivity contribution is 0.296. The van der Waals surface area contributed by atoms with Crippen LogP contribution in [-0.4, -0.2) is 59.6 Å². The maximum absolute atomic E-state index is 6.38. The Morgan fingerprint density at radius 3 is 1.15 bits per heavy atom. The van der Waals surface area contributed by atoms with Crippen LogP contribution in [0, 0.1) is 6.92 Å². The maximum atomic E-state index is 6.38. The van der Waals surface area contributed by atoms with Gasteiger partial charge in [-0.05, 0) is 77.4 Å². The van der Waals surface area contributed by atoms with E-state index in [4.69, 9.17) is 37.9 Å². The van der Waals surface area contributed by atoms with Crippen LogP contribution in [0.1, 0.15) is 31.2 Å². The fourth-order valence-corrected chi connectivity index (χ4v) is 8.58. The first-order valence-corrected chi connectivity index (χ1v) is 19.1. The Kier molecular flexibility index (Phi) is 7.41. The van der Waals surface area contributed by atoms with Gasteiger partial charge in [-0.1, -0.05) is 0 Å². The molecule has 0 radical (unpaired) electrons. The first-order chi connectivity index (χ1) is 26.7. The van der Waals surface area contributed by atoms with E-state index in [1.165, 1.54) is 5.46 Å². The van der Waals surface area contributed by atoms with Crippen molar-refractivity contribution in [2.24, 2.45) is 0 Å². The lowest BCUT2D eigenvalue weighted by Gasteiger charge is -2.44. The smallest absolute Gasteiger partial charge is 0.252 e. The zero-order chi connectivity index (χ0) is 35.8. The number of benzene rings is 5. The van der Waals surface area contributed by atoms with E-state index >= 15 is 0 Å². The molecular formula is C43H39BN2O8. The normalized spacial score (nSPS) is 17.5. The molecule has 5 aromatic rings. The van der Waals surface area contributed by atoms with E-state index in [0.29, 0.717) is 52.9 Å². The standard InChI is InChI=1S/C43H39BN2O8/c1-26-18-33-43-34(19-26)46(28-7-9-36-38(21-28)50-13-3-11-48-36)32-25-42-40(52-15-5-17-54-42)23-30(32)44(43)29-22-39-41(53-16-4-14-51-39)24-31(29)45(33)27-6-8-35-37(20-27)49-12-2-10-47-35/h6-9,18-25H,2-5,10-17H2,1H3. The molecule has 0 saturated heterocycles. The van der Waals surface area contributed by atoms with Crippen LogP contribution in [0.4, 0.5) is 34.1 Å². The Balaban J connectivity index is 1.20. The fraction of sp³-hybridized carbons (Fsp3) is 0.302. The Labute approximate surface area is 314 Å². The predicted octanol–water partition coefficient (Wildman–Crippen LogP) is 6.72. The highest BCUT2D eigenvalue weighted by Gasteiger charge is 2.45. The van der Waals surface area contributed by atoms with Gasteiger partial charge < -0.3 is 47.7 Å². The highest BCUT2D eigenvalue weighted by Crippen LogP contribution is 2.50. The molecule has 6 heterocycles. The second kappa shape index (κ2) is 12.6. The minimum Gasteiger partial charge on any atom is -0.490 e. The average molecular weight is 723 g/mol. The molecule has 54 heavy (non-hydrogen) atoms. The summed E-state index contributed by atoms with van der Waals surface area (Å²) >= 11 is 0. The van der Waals surface area contributed by atoms with E-state index in [0.717, 1.165) is 122 Å². The van der Waals surface area contributed by atoms with Crippen LogP contribution in [0.3, 0.4) is 0 Å². The first-order valence-electron chi connectivity index (χ1n) is 19.1. The third-order valence-electron chi connectivity index (χ3n) is 10.9. The minimum absolute atomic E-state index is 0.164. The van der Waals surface area contributed by atoms with Gasteiger partial charge in [-0.15, -0.1) is 0 Å². The van der Waals surface area contributed by atoms with Crippen molar-refractivity contribution in [2.45, 2.75) is 32.6 Å². The van der Waals surface area contributed by atoms with Gasteiger partial charge in [-0.3, -0.25) is 0 Å². The van der Waals surface area contributed by atoms with Gasteiger partial charge in [0.2, 0.25) is 0 Å². The van der Waals surface area contributed by atoms with Crippen LogP contribution in [-0.2, 0) is 0 Å². The monoisotopic (exact) mass is 722 g/mol. The van der Waals surface area contributed by atoms with Crippen molar-refractivity contribution in [3.8, 4) is 46.0 Å². The number of anilines is 6. The van der Waals surface area contributed by atoms with E-state index in [9.17, 15) is 0 Å². The summed E-state index contributed by atoms with van der Waals surface area (Å²) in [5, 5.41) is 0. The van der Waals surface area contributed by atoms with Gasteiger partial charge in [0, 0.05) is 72.7 Å². The van der Waals surface area contributed by atoms with Gasteiger partial charge in [-0.25, -0.2) is 0 Å². The third kappa shape index (κ3) is 5.08. The van der Waals surface area contributed by atoms with Gasteiger partial charge >= 0.3 is 0 Å². The largest absolute Gasteiger partial charge is 0.490 e. The van der Waals surface area contributed by atoms with Crippen molar-refractivity contribution in [3.63, 3.8) is 0 Å². The average Bonchev–Trinajstić information content (AvgIpc) is 3.75.